The van der Waals surface area contributed by atoms with Crippen molar-refractivity contribution in [2.75, 3.05) is 33.8 Å². The lowest BCUT2D eigenvalue weighted by Gasteiger charge is -2.25. The average Bonchev–Trinajstić information content (AvgIpc) is 3.32. The molecule has 1 fully saturated rings. The van der Waals surface area contributed by atoms with Gasteiger partial charge in [0.2, 0.25) is 0 Å². The average molecular weight is 443 g/mol. The number of thiophene rings is 1. The molecule has 1 saturated heterocycles. The Balaban J connectivity index is 2.02. The van der Waals surface area contributed by atoms with Crippen LogP contribution in [0.2, 0.25) is 0 Å². The van der Waals surface area contributed by atoms with Crippen LogP contribution in [0.15, 0.2) is 41.3 Å². The van der Waals surface area contributed by atoms with E-state index in [-0.39, 0.29) is 11.3 Å². The molecule has 1 N–H and O–H groups in total. The Bertz CT molecular complexity index is 979. The van der Waals surface area contributed by atoms with Gasteiger partial charge < -0.3 is 19.6 Å². The van der Waals surface area contributed by atoms with E-state index in [4.69, 9.17) is 4.74 Å². The van der Waals surface area contributed by atoms with Gasteiger partial charge in [-0.25, -0.2) is 0 Å². The first-order valence-corrected chi connectivity index (χ1v) is 11.3. The number of aryl methyl sites for hydroxylation is 1. The maximum Gasteiger partial charge on any atom is 0.295 e. The number of ether oxygens (including phenoxy) is 1. The monoisotopic (exact) mass is 442 g/mol. The molecule has 2 heterocycles. The highest BCUT2D eigenvalue weighted by atomic mass is 32.1. The molecule has 1 amide bonds. The fourth-order valence-corrected chi connectivity index (χ4v) is 4.38. The summed E-state index contributed by atoms with van der Waals surface area (Å²) in [5, 5.41) is 13.0. The van der Waals surface area contributed by atoms with Gasteiger partial charge in [-0.15, -0.1) is 11.3 Å². The third-order valence-corrected chi connectivity index (χ3v) is 6.09. The first-order chi connectivity index (χ1) is 14.7. The van der Waals surface area contributed by atoms with E-state index in [0.29, 0.717) is 31.2 Å². The van der Waals surface area contributed by atoms with Crippen LogP contribution in [-0.4, -0.2) is 60.4 Å². The maximum absolute atomic E-state index is 13.0. The summed E-state index contributed by atoms with van der Waals surface area (Å²) >= 11 is 1.47. The number of carbonyl (C=O) groups excluding carboxylic acids is 2. The molecule has 0 radical (unpaired) electrons. The van der Waals surface area contributed by atoms with Crippen molar-refractivity contribution in [3.05, 3.63) is 57.3 Å². The highest BCUT2D eigenvalue weighted by molar-refractivity contribution is 7.10. The number of carbonyl (C=O) groups is 2. The van der Waals surface area contributed by atoms with Gasteiger partial charge in [0.05, 0.1) is 18.2 Å². The molecule has 6 nitrogen and oxygen atoms in total. The summed E-state index contributed by atoms with van der Waals surface area (Å²) in [6.07, 6.45) is 0. The highest BCUT2D eigenvalue weighted by Gasteiger charge is 2.46. The molecular weight excluding hydrogens is 412 g/mol. The Kier molecular flexibility index (Phi) is 7.18. The SMILES string of the molecule is Cc1cc(/C(O)=C2\C(=O)C(=O)N(CCN(C)C)C2c2cccs2)ccc1OCC(C)C. The van der Waals surface area contributed by atoms with Gasteiger partial charge >= 0.3 is 0 Å². The third kappa shape index (κ3) is 4.99. The molecule has 0 saturated carbocycles. The number of Topliss-reactive ketones (excluding diaryl/α,β-unsaturated/α-hetero) is 1. The van der Waals surface area contributed by atoms with Gasteiger partial charge in [0.25, 0.3) is 11.7 Å². The molecule has 0 aliphatic carbocycles. The van der Waals surface area contributed by atoms with E-state index in [1.807, 2.05) is 43.4 Å². The van der Waals surface area contributed by atoms with Crippen molar-refractivity contribution < 1.29 is 19.4 Å². The van der Waals surface area contributed by atoms with E-state index in [2.05, 4.69) is 13.8 Å². The second kappa shape index (κ2) is 9.66. The number of aliphatic hydroxyl groups is 1. The smallest absolute Gasteiger partial charge is 0.295 e. The number of hydrogen-bond acceptors (Lipinski definition) is 6. The minimum atomic E-state index is -0.646. The summed E-state index contributed by atoms with van der Waals surface area (Å²) in [7, 11) is 3.84. The minimum absolute atomic E-state index is 0.140. The molecule has 1 aliphatic rings. The van der Waals surface area contributed by atoms with Crippen molar-refractivity contribution in [3.8, 4) is 5.75 Å². The predicted molar refractivity (Wildman–Crippen MR) is 123 cm³/mol. The van der Waals surface area contributed by atoms with Crippen molar-refractivity contribution >= 4 is 28.8 Å². The molecule has 166 valence electrons. The van der Waals surface area contributed by atoms with Gasteiger partial charge in [-0.2, -0.15) is 0 Å². The molecule has 1 unspecified atom stereocenters. The van der Waals surface area contributed by atoms with Crippen LogP contribution in [0, 0.1) is 12.8 Å². The molecule has 2 aromatic rings. The molecular formula is C24H30N2O4S. The normalized spacial score (nSPS) is 18.4. The number of likely N-dealkylation sites (tertiary alicyclic amines) is 1. The minimum Gasteiger partial charge on any atom is -0.507 e. The van der Waals surface area contributed by atoms with E-state index in [0.717, 1.165) is 16.2 Å². The number of aliphatic hydroxyl groups excluding tert-OH is 1. The lowest BCUT2D eigenvalue weighted by Crippen LogP contribution is -2.35. The van der Waals surface area contributed by atoms with E-state index in [1.54, 1.807) is 23.1 Å². The van der Waals surface area contributed by atoms with Crippen LogP contribution in [0.3, 0.4) is 0 Å². The molecule has 1 aliphatic heterocycles. The van der Waals surface area contributed by atoms with Gasteiger partial charge in [-0.1, -0.05) is 19.9 Å². The number of amides is 1. The van der Waals surface area contributed by atoms with Crippen LogP contribution in [0.4, 0.5) is 0 Å². The number of likely N-dealkylation sites (N-methyl/N-ethyl adjacent to an activating group) is 1. The van der Waals surface area contributed by atoms with E-state index < -0.39 is 17.7 Å². The second-order valence-corrected chi connectivity index (χ2v) is 9.48. The van der Waals surface area contributed by atoms with E-state index in [9.17, 15) is 14.7 Å². The summed E-state index contributed by atoms with van der Waals surface area (Å²) in [5.41, 5.74) is 1.50. The lowest BCUT2D eigenvalue weighted by molar-refractivity contribution is -0.140. The van der Waals surface area contributed by atoms with Gasteiger partial charge in [0.15, 0.2) is 0 Å². The van der Waals surface area contributed by atoms with Crippen molar-refractivity contribution in [1.82, 2.24) is 9.80 Å². The standard InChI is InChI=1S/C24H30N2O4S/c1-15(2)14-30-18-9-8-17(13-16(18)3)22(27)20-21(19-7-6-12-31-19)26(11-10-25(4)5)24(29)23(20)28/h6-9,12-13,15,21,27H,10-11,14H2,1-5H3/b22-20+. The summed E-state index contributed by atoms with van der Waals surface area (Å²) in [4.78, 5) is 30.2. The highest BCUT2D eigenvalue weighted by Crippen LogP contribution is 2.41. The summed E-state index contributed by atoms with van der Waals surface area (Å²) < 4.78 is 5.82. The van der Waals surface area contributed by atoms with E-state index >= 15 is 0 Å². The molecule has 7 heteroatoms. The van der Waals surface area contributed by atoms with Crippen molar-refractivity contribution in [2.24, 2.45) is 5.92 Å². The molecule has 0 spiro atoms. The summed E-state index contributed by atoms with van der Waals surface area (Å²) in [5.74, 6) is -0.228. The second-order valence-electron chi connectivity index (χ2n) is 8.50. The Morgan fingerprint density at radius 3 is 2.58 bits per heavy atom. The van der Waals surface area contributed by atoms with Crippen molar-refractivity contribution in [2.45, 2.75) is 26.8 Å². The quantitative estimate of drug-likeness (QED) is 0.379. The van der Waals surface area contributed by atoms with Crippen LogP contribution in [0.1, 0.15) is 35.9 Å². The first kappa shape index (κ1) is 23.0. The fourth-order valence-electron chi connectivity index (χ4n) is 3.53. The number of nitrogens with zero attached hydrogens (tertiary/aromatic N) is 2. The maximum atomic E-state index is 13.0. The van der Waals surface area contributed by atoms with Gasteiger partial charge in [0.1, 0.15) is 11.5 Å². The lowest BCUT2D eigenvalue weighted by atomic mass is 9.98. The van der Waals surface area contributed by atoms with Gasteiger partial charge in [0, 0.05) is 23.5 Å². The number of benzene rings is 1. The Labute approximate surface area is 187 Å². The Morgan fingerprint density at radius 1 is 1.26 bits per heavy atom. The Hall–Kier alpha value is -2.64. The summed E-state index contributed by atoms with van der Waals surface area (Å²) in [6.45, 7) is 7.68. The molecule has 1 aromatic carbocycles. The predicted octanol–water partition coefficient (Wildman–Crippen LogP) is 4.07. The molecule has 1 aromatic heterocycles. The largest absolute Gasteiger partial charge is 0.507 e. The summed E-state index contributed by atoms with van der Waals surface area (Å²) in [6, 6.07) is 8.52. The van der Waals surface area contributed by atoms with Crippen LogP contribution < -0.4 is 4.74 Å². The zero-order valence-electron chi connectivity index (χ0n) is 18.7. The third-order valence-electron chi connectivity index (χ3n) is 5.16. The number of hydrogen-bond donors (Lipinski definition) is 1. The Morgan fingerprint density at radius 2 is 2.00 bits per heavy atom. The molecule has 1 atom stereocenters. The zero-order chi connectivity index (χ0) is 22.7. The van der Waals surface area contributed by atoms with Crippen LogP contribution >= 0.6 is 11.3 Å². The first-order valence-electron chi connectivity index (χ1n) is 10.4. The fraction of sp³-hybridized carbons (Fsp3) is 0.417. The van der Waals surface area contributed by atoms with Gasteiger partial charge in [-0.05, 0) is 62.1 Å². The van der Waals surface area contributed by atoms with Crippen molar-refractivity contribution in [3.63, 3.8) is 0 Å². The number of rotatable bonds is 8. The zero-order valence-corrected chi connectivity index (χ0v) is 19.5. The van der Waals surface area contributed by atoms with Crippen LogP contribution in [0.25, 0.3) is 5.76 Å². The van der Waals surface area contributed by atoms with E-state index in [1.165, 1.54) is 11.3 Å². The van der Waals surface area contributed by atoms with Crippen molar-refractivity contribution in [1.29, 1.82) is 0 Å². The topological polar surface area (TPSA) is 70.1 Å². The molecule has 3 rings (SSSR count). The molecule has 0 bridgehead atoms. The van der Waals surface area contributed by atoms with Gasteiger partial charge in [-0.3, -0.25) is 9.59 Å². The van der Waals surface area contributed by atoms with Crippen LogP contribution in [-0.2, 0) is 9.59 Å². The molecule has 31 heavy (non-hydrogen) atoms. The number of ketones is 1. The van der Waals surface area contributed by atoms with Crippen LogP contribution in [0.5, 0.6) is 5.75 Å².